The number of rotatable bonds is 6. The maximum absolute atomic E-state index is 12.5. The molecule has 1 atom stereocenters. The molecule has 2 aliphatic rings. The molecule has 0 unspecified atom stereocenters. The van der Waals surface area contributed by atoms with Crippen molar-refractivity contribution in [3.63, 3.8) is 0 Å². The molecular weight excluding hydrogens is 368 g/mol. The Labute approximate surface area is 162 Å². The van der Waals surface area contributed by atoms with Gasteiger partial charge < -0.3 is 18.8 Å². The van der Waals surface area contributed by atoms with Crippen LogP contribution in [0.25, 0.3) is 11.4 Å². The number of hydrogen-bond acceptors (Lipinski definition) is 7. The summed E-state index contributed by atoms with van der Waals surface area (Å²) in [7, 11) is 0. The fourth-order valence-corrected chi connectivity index (χ4v) is 4.25. The van der Waals surface area contributed by atoms with E-state index in [2.05, 4.69) is 14.8 Å². The third-order valence-corrected chi connectivity index (χ3v) is 5.87. The summed E-state index contributed by atoms with van der Waals surface area (Å²) in [5.41, 5.74) is 0.923. The van der Waals surface area contributed by atoms with Gasteiger partial charge in [-0.2, -0.15) is 0 Å². The lowest BCUT2D eigenvalue weighted by Gasteiger charge is -2.26. The van der Waals surface area contributed by atoms with Gasteiger partial charge in [0, 0.05) is 19.7 Å². The van der Waals surface area contributed by atoms with Crippen LogP contribution >= 0.6 is 11.8 Å². The van der Waals surface area contributed by atoms with Gasteiger partial charge in [-0.05, 0) is 25.8 Å². The normalized spacial score (nSPS) is 20.3. The van der Waals surface area contributed by atoms with E-state index in [0.717, 1.165) is 41.8 Å². The summed E-state index contributed by atoms with van der Waals surface area (Å²) in [6.07, 6.45) is 3.91. The highest BCUT2D eigenvalue weighted by molar-refractivity contribution is 7.99. The second-order valence-electron chi connectivity index (χ2n) is 6.72. The number of carbonyl (C=O) groups excluding carboxylic acids is 1. The van der Waals surface area contributed by atoms with Crippen LogP contribution in [0.2, 0.25) is 0 Å². The number of furan rings is 1. The topological polar surface area (TPSA) is 82.6 Å². The predicted molar refractivity (Wildman–Crippen MR) is 99.6 cm³/mol. The Morgan fingerprint density at radius 3 is 2.85 bits per heavy atom. The van der Waals surface area contributed by atoms with Crippen molar-refractivity contribution in [3.8, 4) is 11.4 Å². The molecule has 27 heavy (non-hydrogen) atoms. The Balaban J connectivity index is 1.51. The number of carbonyl (C=O) groups is 1. The minimum absolute atomic E-state index is 0.107. The van der Waals surface area contributed by atoms with E-state index in [9.17, 15) is 4.79 Å². The number of morpholine rings is 1. The summed E-state index contributed by atoms with van der Waals surface area (Å²) >= 11 is 1.43. The molecule has 146 valence electrons. The summed E-state index contributed by atoms with van der Waals surface area (Å²) in [5.74, 6) is 2.01. The first-order chi connectivity index (χ1) is 13.2. The molecule has 2 aromatic heterocycles. The second kappa shape index (κ2) is 8.45. The third-order valence-electron chi connectivity index (χ3n) is 4.92. The molecule has 8 nitrogen and oxygen atoms in total. The molecule has 4 heterocycles. The van der Waals surface area contributed by atoms with Crippen molar-refractivity contribution < 1.29 is 18.7 Å². The molecule has 0 N–H and O–H groups in total. The minimum Gasteiger partial charge on any atom is -0.469 e. The zero-order chi connectivity index (χ0) is 18.6. The zero-order valence-corrected chi connectivity index (χ0v) is 16.2. The summed E-state index contributed by atoms with van der Waals surface area (Å²) < 4.78 is 18.6. The Morgan fingerprint density at radius 1 is 1.30 bits per heavy atom. The highest BCUT2D eigenvalue weighted by Crippen LogP contribution is 2.29. The monoisotopic (exact) mass is 392 g/mol. The van der Waals surface area contributed by atoms with E-state index < -0.39 is 0 Å². The summed E-state index contributed by atoms with van der Waals surface area (Å²) in [6, 6.07) is 1.90. The number of thioether (sulfide) groups is 1. The van der Waals surface area contributed by atoms with Gasteiger partial charge in [-0.3, -0.25) is 9.36 Å². The first-order valence-corrected chi connectivity index (χ1v) is 10.3. The van der Waals surface area contributed by atoms with Crippen LogP contribution in [0.3, 0.4) is 0 Å². The van der Waals surface area contributed by atoms with Gasteiger partial charge in [0.25, 0.3) is 0 Å². The molecule has 2 fully saturated rings. The van der Waals surface area contributed by atoms with Crippen LogP contribution in [0.5, 0.6) is 0 Å². The van der Waals surface area contributed by atoms with Crippen LogP contribution in [0, 0.1) is 6.92 Å². The van der Waals surface area contributed by atoms with E-state index in [0.29, 0.717) is 38.6 Å². The van der Waals surface area contributed by atoms with Crippen molar-refractivity contribution in [2.45, 2.75) is 37.6 Å². The average molecular weight is 392 g/mol. The second-order valence-corrected chi connectivity index (χ2v) is 7.67. The van der Waals surface area contributed by atoms with Gasteiger partial charge in [0.15, 0.2) is 11.0 Å². The van der Waals surface area contributed by atoms with Gasteiger partial charge in [0.2, 0.25) is 5.91 Å². The van der Waals surface area contributed by atoms with Crippen LogP contribution < -0.4 is 0 Å². The van der Waals surface area contributed by atoms with E-state index >= 15 is 0 Å². The Morgan fingerprint density at radius 2 is 2.15 bits per heavy atom. The standard InChI is InChI=1S/C18H24N4O4S/c1-13-15(4-8-25-13)17-19-20-18(22(17)11-14-3-2-7-26-14)27-12-16(23)21-5-9-24-10-6-21/h4,8,14H,2-3,5-7,9-12H2,1H3/t14-/m0/s1. The van der Waals surface area contributed by atoms with Crippen LogP contribution in [-0.4, -0.2) is 70.3 Å². The van der Waals surface area contributed by atoms with Gasteiger partial charge in [0.1, 0.15) is 5.76 Å². The highest BCUT2D eigenvalue weighted by atomic mass is 32.2. The molecule has 0 radical (unpaired) electrons. The molecule has 0 spiro atoms. The van der Waals surface area contributed by atoms with Crippen LogP contribution in [0.1, 0.15) is 18.6 Å². The molecule has 2 saturated heterocycles. The van der Waals surface area contributed by atoms with E-state index in [4.69, 9.17) is 13.9 Å². The molecule has 0 aliphatic carbocycles. The number of amides is 1. The third kappa shape index (κ3) is 4.20. The van der Waals surface area contributed by atoms with E-state index in [1.165, 1.54) is 11.8 Å². The van der Waals surface area contributed by atoms with Crippen LogP contribution in [0.15, 0.2) is 21.9 Å². The van der Waals surface area contributed by atoms with Crippen molar-refractivity contribution in [2.24, 2.45) is 0 Å². The van der Waals surface area contributed by atoms with Gasteiger partial charge in [0.05, 0.1) is 43.4 Å². The largest absolute Gasteiger partial charge is 0.469 e. The smallest absolute Gasteiger partial charge is 0.233 e. The van der Waals surface area contributed by atoms with Crippen molar-refractivity contribution in [2.75, 3.05) is 38.7 Å². The number of hydrogen-bond donors (Lipinski definition) is 0. The van der Waals surface area contributed by atoms with Crippen LogP contribution in [-0.2, 0) is 20.8 Å². The molecule has 0 bridgehead atoms. The molecular formula is C18H24N4O4S. The molecule has 2 aromatic rings. The summed E-state index contributed by atoms with van der Waals surface area (Å²) in [6.45, 7) is 5.91. The Hall–Kier alpha value is -1.84. The van der Waals surface area contributed by atoms with Gasteiger partial charge in [-0.25, -0.2) is 0 Å². The van der Waals surface area contributed by atoms with E-state index in [1.54, 1.807) is 6.26 Å². The lowest BCUT2D eigenvalue weighted by molar-refractivity contribution is -0.132. The lowest BCUT2D eigenvalue weighted by Crippen LogP contribution is -2.41. The fourth-order valence-electron chi connectivity index (χ4n) is 3.40. The Bertz CT molecular complexity index is 778. The zero-order valence-electron chi connectivity index (χ0n) is 15.4. The van der Waals surface area contributed by atoms with Crippen molar-refractivity contribution in [3.05, 3.63) is 18.1 Å². The molecule has 4 rings (SSSR count). The molecule has 9 heteroatoms. The van der Waals surface area contributed by atoms with E-state index in [-0.39, 0.29) is 12.0 Å². The summed E-state index contributed by atoms with van der Waals surface area (Å²) in [5, 5.41) is 9.48. The van der Waals surface area contributed by atoms with Crippen molar-refractivity contribution in [1.82, 2.24) is 19.7 Å². The van der Waals surface area contributed by atoms with Gasteiger partial charge >= 0.3 is 0 Å². The molecule has 2 aliphatic heterocycles. The summed E-state index contributed by atoms with van der Waals surface area (Å²) in [4.78, 5) is 14.3. The van der Waals surface area contributed by atoms with Crippen LogP contribution in [0.4, 0.5) is 0 Å². The molecule has 0 saturated carbocycles. The predicted octanol–water partition coefficient (Wildman–Crippen LogP) is 1.98. The van der Waals surface area contributed by atoms with Crippen molar-refractivity contribution in [1.29, 1.82) is 0 Å². The Kier molecular flexibility index (Phi) is 5.80. The lowest BCUT2D eigenvalue weighted by atomic mass is 10.2. The quantitative estimate of drug-likeness (QED) is 0.695. The number of ether oxygens (including phenoxy) is 2. The first-order valence-electron chi connectivity index (χ1n) is 9.30. The SMILES string of the molecule is Cc1occc1-c1nnc(SCC(=O)N2CCOCC2)n1C[C@@H]1CCCO1. The number of aromatic nitrogens is 3. The van der Waals surface area contributed by atoms with Gasteiger partial charge in [-0.1, -0.05) is 11.8 Å². The fraction of sp³-hybridized carbons (Fsp3) is 0.611. The van der Waals surface area contributed by atoms with E-state index in [1.807, 2.05) is 17.9 Å². The maximum atomic E-state index is 12.5. The first kappa shape index (κ1) is 18.5. The number of aryl methyl sites for hydroxylation is 1. The minimum atomic E-state index is 0.107. The number of nitrogens with zero attached hydrogens (tertiary/aromatic N) is 4. The van der Waals surface area contributed by atoms with Gasteiger partial charge in [-0.15, -0.1) is 10.2 Å². The molecule has 0 aromatic carbocycles. The maximum Gasteiger partial charge on any atom is 0.233 e. The highest BCUT2D eigenvalue weighted by Gasteiger charge is 2.24. The average Bonchev–Trinajstić information content (AvgIpc) is 3.43. The molecule has 1 amide bonds. The van der Waals surface area contributed by atoms with Crippen molar-refractivity contribution >= 4 is 17.7 Å².